The fourth-order valence-electron chi connectivity index (χ4n) is 3.03. The number of benzene rings is 2. The summed E-state index contributed by atoms with van der Waals surface area (Å²) in [6.45, 7) is 3.05. The average Bonchev–Trinajstić information content (AvgIpc) is 3.38. The van der Waals surface area contributed by atoms with Gasteiger partial charge in [-0.2, -0.15) is 5.10 Å². The molecule has 140 valence electrons. The van der Waals surface area contributed by atoms with Crippen LogP contribution in [-0.2, 0) is 13.1 Å². The summed E-state index contributed by atoms with van der Waals surface area (Å²) in [7, 11) is 0. The molecule has 0 saturated carbocycles. The normalized spacial score (nSPS) is 10.8. The van der Waals surface area contributed by atoms with Crippen LogP contribution in [-0.4, -0.2) is 15.7 Å². The van der Waals surface area contributed by atoms with Gasteiger partial charge < -0.3 is 9.73 Å². The first kappa shape index (κ1) is 17.8. The standard InChI is InChI=1S/C23H21N3O2/c1-17-7-9-20(10-8-17)22-21(23(27)24-13-19-11-12-28-16-19)15-26(25-22)14-18-5-3-2-4-6-18/h2-12,15-16H,13-14H2,1H3,(H,24,27). The molecule has 5 nitrogen and oxygen atoms in total. The Kier molecular flexibility index (Phi) is 5.06. The van der Waals surface area contributed by atoms with Crippen molar-refractivity contribution in [3.63, 3.8) is 0 Å². The third-order valence-corrected chi connectivity index (χ3v) is 4.55. The Morgan fingerprint density at radius 1 is 1.04 bits per heavy atom. The summed E-state index contributed by atoms with van der Waals surface area (Å²) in [4.78, 5) is 12.9. The molecule has 0 spiro atoms. The molecule has 0 bridgehead atoms. The van der Waals surface area contributed by atoms with E-state index >= 15 is 0 Å². The van der Waals surface area contributed by atoms with Gasteiger partial charge in [0.05, 0.1) is 24.6 Å². The Morgan fingerprint density at radius 2 is 1.82 bits per heavy atom. The van der Waals surface area contributed by atoms with E-state index in [1.54, 1.807) is 12.5 Å². The number of nitrogens with one attached hydrogen (secondary N) is 1. The van der Waals surface area contributed by atoms with Crippen molar-refractivity contribution in [1.82, 2.24) is 15.1 Å². The molecule has 1 amide bonds. The van der Waals surface area contributed by atoms with Crippen LogP contribution in [0.3, 0.4) is 0 Å². The van der Waals surface area contributed by atoms with Crippen molar-refractivity contribution >= 4 is 5.91 Å². The van der Waals surface area contributed by atoms with Gasteiger partial charge in [-0.1, -0.05) is 60.2 Å². The van der Waals surface area contributed by atoms with Gasteiger partial charge in [0, 0.05) is 23.9 Å². The van der Waals surface area contributed by atoms with E-state index in [0.29, 0.717) is 24.3 Å². The van der Waals surface area contributed by atoms with Gasteiger partial charge in [0.15, 0.2) is 0 Å². The molecule has 1 N–H and O–H groups in total. The number of amides is 1. The third kappa shape index (κ3) is 4.04. The minimum atomic E-state index is -0.156. The first-order chi connectivity index (χ1) is 13.7. The number of aryl methyl sites for hydroxylation is 1. The van der Waals surface area contributed by atoms with E-state index in [0.717, 1.165) is 16.7 Å². The number of nitrogens with zero attached hydrogens (tertiary/aromatic N) is 2. The SMILES string of the molecule is Cc1ccc(-c2nn(Cc3ccccc3)cc2C(=O)NCc2ccoc2)cc1. The van der Waals surface area contributed by atoms with E-state index in [4.69, 9.17) is 9.52 Å². The molecule has 0 unspecified atom stereocenters. The summed E-state index contributed by atoms with van der Waals surface area (Å²) in [6.07, 6.45) is 5.03. The lowest BCUT2D eigenvalue weighted by atomic mass is 10.1. The Hall–Kier alpha value is -3.60. The second-order valence-corrected chi connectivity index (χ2v) is 6.75. The summed E-state index contributed by atoms with van der Waals surface area (Å²) in [5, 5.41) is 7.66. The smallest absolute Gasteiger partial charge is 0.255 e. The fourth-order valence-corrected chi connectivity index (χ4v) is 3.03. The molecule has 0 aliphatic heterocycles. The highest BCUT2D eigenvalue weighted by atomic mass is 16.3. The van der Waals surface area contributed by atoms with Crippen LogP contribution in [0.5, 0.6) is 0 Å². The van der Waals surface area contributed by atoms with E-state index in [1.807, 2.05) is 78.5 Å². The summed E-state index contributed by atoms with van der Waals surface area (Å²) in [5.41, 5.74) is 5.38. The molecule has 0 fully saturated rings. The highest BCUT2D eigenvalue weighted by Crippen LogP contribution is 2.23. The Labute approximate surface area is 163 Å². The number of aromatic nitrogens is 2. The molecule has 28 heavy (non-hydrogen) atoms. The molecule has 0 radical (unpaired) electrons. The van der Waals surface area contributed by atoms with Crippen molar-refractivity contribution in [2.75, 3.05) is 0 Å². The van der Waals surface area contributed by atoms with Crippen molar-refractivity contribution in [3.8, 4) is 11.3 Å². The number of rotatable bonds is 6. The molecule has 5 heteroatoms. The molecule has 2 heterocycles. The van der Waals surface area contributed by atoms with Crippen LogP contribution in [0.15, 0.2) is 83.8 Å². The van der Waals surface area contributed by atoms with Crippen molar-refractivity contribution in [2.24, 2.45) is 0 Å². The number of hydrogen-bond acceptors (Lipinski definition) is 3. The number of carbonyl (C=O) groups excluding carboxylic acids is 1. The van der Waals surface area contributed by atoms with Gasteiger partial charge in [-0.3, -0.25) is 9.48 Å². The third-order valence-electron chi connectivity index (χ3n) is 4.55. The predicted molar refractivity (Wildman–Crippen MR) is 108 cm³/mol. The molecule has 4 rings (SSSR count). The molecule has 0 aliphatic rings. The van der Waals surface area contributed by atoms with Crippen molar-refractivity contribution in [1.29, 1.82) is 0 Å². The van der Waals surface area contributed by atoms with E-state index in [9.17, 15) is 4.79 Å². The predicted octanol–water partition coefficient (Wildman–Crippen LogP) is 4.43. The lowest BCUT2D eigenvalue weighted by Crippen LogP contribution is -2.22. The Bertz CT molecular complexity index is 1050. The highest BCUT2D eigenvalue weighted by molar-refractivity contribution is 5.99. The van der Waals surface area contributed by atoms with Crippen LogP contribution in [0.25, 0.3) is 11.3 Å². The minimum Gasteiger partial charge on any atom is -0.472 e. The number of hydrogen-bond donors (Lipinski definition) is 1. The molecular formula is C23H21N3O2. The topological polar surface area (TPSA) is 60.1 Å². The van der Waals surface area contributed by atoms with Gasteiger partial charge in [0.1, 0.15) is 5.69 Å². The van der Waals surface area contributed by atoms with Gasteiger partial charge in [-0.15, -0.1) is 0 Å². The molecular weight excluding hydrogens is 350 g/mol. The van der Waals surface area contributed by atoms with Gasteiger partial charge in [0.2, 0.25) is 0 Å². The van der Waals surface area contributed by atoms with Crippen LogP contribution in [0.2, 0.25) is 0 Å². The summed E-state index contributed by atoms with van der Waals surface area (Å²) in [5.74, 6) is -0.156. The van der Waals surface area contributed by atoms with Crippen LogP contribution in [0.4, 0.5) is 0 Å². The van der Waals surface area contributed by atoms with E-state index in [1.165, 1.54) is 5.56 Å². The zero-order valence-electron chi connectivity index (χ0n) is 15.6. The maximum absolute atomic E-state index is 12.9. The molecule has 0 aliphatic carbocycles. The van der Waals surface area contributed by atoms with Gasteiger partial charge >= 0.3 is 0 Å². The first-order valence-electron chi connectivity index (χ1n) is 9.17. The van der Waals surface area contributed by atoms with Gasteiger partial charge in [-0.05, 0) is 18.6 Å². The van der Waals surface area contributed by atoms with E-state index in [2.05, 4.69) is 5.32 Å². The quantitative estimate of drug-likeness (QED) is 0.545. The largest absolute Gasteiger partial charge is 0.472 e. The van der Waals surface area contributed by atoms with Crippen LogP contribution in [0, 0.1) is 6.92 Å². The molecule has 0 saturated heterocycles. The summed E-state index contributed by atoms with van der Waals surface area (Å²) >= 11 is 0. The molecule has 0 atom stereocenters. The van der Waals surface area contributed by atoms with Crippen molar-refractivity contribution in [3.05, 3.63) is 102 Å². The maximum Gasteiger partial charge on any atom is 0.255 e. The van der Waals surface area contributed by atoms with Gasteiger partial charge in [-0.25, -0.2) is 0 Å². The van der Waals surface area contributed by atoms with Crippen LogP contribution in [0.1, 0.15) is 27.0 Å². The average molecular weight is 371 g/mol. The van der Waals surface area contributed by atoms with Crippen LogP contribution >= 0.6 is 0 Å². The maximum atomic E-state index is 12.9. The molecule has 2 aromatic carbocycles. The number of furan rings is 1. The minimum absolute atomic E-state index is 0.156. The summed E-state index contributed by atoms with van der Waals surface area (Å²) in [6, 6.07) is 20.0. The zero-order valence-corrected chi connectivity index (χ0v) is 15.6. The monoisotopic (exact) mass is 371 g/mol. The van der Waals surface area contributed by atoms with Crippen molar-refractivity contribution < 1.29 is 9.21 Å². The lowest BCUT2D eigenvalue weighted by molar-refractivity contribution is 0.0951. The first-order valence-corrected chi connectivity index (χ1v) is 9.17. The van der Waals surface area contributed by atoms with E-state index < -0.39 is 0 Å². The lowest BCUT2D eigenvalue weighted by Gasteiger charge is -2.04. The van der Waals surface area contributed by atoms with Crippen LogP contribution < -0.4 is 5.32 Å². The highest BCUT2D eigenvalue weighted by Gasteiger charge is 2.18. The Morgan fingerprint density at radius 3 is 2.54 bits per heavy atom. The zero-order chi connectivity index (χ0) is 19.3. The van der Waals surface area contributed by atoms with Gasteiger partial charge in [0.25, 0.3) is 5.91 Å². The molecule has 2 aromatic heterocycles. The second kappa shape index (κ2) is 7.96. The molecule has 4 aromatic rings. The van der Waals surface area contributed by atoms with E-state index in [-0.39, 0.29) is 5.91 Å². The Balaban J connectivity index is 1.63. The second-order valence-electron chi connectivity index (χ2n) is 6.75. The number of carbonyl (C=O) groups is 1. The van der Waals surface area contributed by atoms with Crippen molar-refractivity contribution in [2.45, 2.75) is 20.0 Å². The fraction of sp³-hybridized carbons (Fsp3) is 0.130. The summed E-state index contributed by atoms with van der Waals surface area (Å²) < 4.78 is 6.88.